The molecule has 1 saturated heterocycles. The predicted octanol–water partition coefficient (Wildman–Crippen LogP) is 2.17. The van der Waals surface area contributed by atoms with Gasteiger partial charge in [-0.15, -0.1) is 0 Å². The van der Waals surface area contributed by atoms with E-state index < -0.39 is 0 Å². The summed E-state index contributed by atoms with van der Waals surface area (Å²) in [7, 11) is 0. The summed E-state index contributed by atoms with van der Waals surface area (Å²) in [6.45, 7) is 7.32. The molecule has 0 aromatic heterocycles. The molecule has 3 heteroatoms. The zero-order valence-electron chi connectivity index (χ0n) is 11.3. The van der Waals surface area contributed by atoms with Crippen molar-refractivity contribution in [3.05, 3.63) is 0 Å². The lowest BCUT2D eigenvalue weighted by atomic mass is 9.75. The Balaban J connectivity index is 2.08. The number of carbonyl (C=O) groups is 1. The van der Waals surface area contributed by atoms with Crippen LogP contribution in [0.2, 0.25) is 0 Å². The van der Waals surface area contributed by atoms with E-state index in [0.717, 1.165) is 45.3 Å². The fourth-order valence-corrected chi connectivity index (χ4v) is 3.01. The third-order valence-electron chi connectivity index (χ3n) is 4.40. The van der Waals surface area contributed by atoms with Gasteiger partial charge in [0.15, 0.2) is 0 Å². The van der Waals surface area contributed by atoms with E-state index in [4.69, 9.17) is 0 Å². The zero-order chi connectivity index (χ0) is 12.3. The molecule has 0 aromatic carbocycles. The number of piperidine rings is 1. The minimum absolute atomic E-state index is 0.0526. The third-order valence-corrected chi connectivity index (χ3v) is 4.40. The molecule has 3 nitrogen and oxygen atoms in total. The second kappa shape index (κ2) is 5.38. The lowest BCUT2D eigenvalue weighted by molar-refractivity contribution is -0.144. The Kier molecular flexibility index (Phi) is 4.08. The first kappa shape index (κ1) is 12.9. The van der Waals surface area contributed by atoms with Crippen LogP contribution < -0.4 is 5.32 Å². The molecule has 1 heterocycles. The highest BCUT2D eigenvalue weighted by Gasteiger charge is 2.44. The molecule has 0 atom stereocenters. The molecule has 1 aliphatic carbocycles. The van der Waals surface area contributed by atoms with E-state index in [0.29, 0.717) is 11.9 Å². The summed E-state index contributed by atoms with van der Waals surface area (Å²) in [4.78, 5) is 15.0. The van der Waals surface area contributed by atoms with E-state index in [1.54, 1.807) is 0 Å². The molecule has 2 fully saturated rings. The first-order valence-corrected chi connectivity index (χ1v) is 7.25. The largest absolute Gasteiger partial charge is 0.339 e. The van der Waals surface area contributed by atoms with Crippen LogP contribution >= 0.6 is 0 Å². The Morgan fingerprint density at radius 2 is 1.94 bits per heavy atom. The summed E-state index contributed by atoms with van der Waals surface area (Å²) in [5.41, 5.74) is -0.0526. The molecular weight excluding hydrogens is 212 g/mol. The molecule has 17 heavy (non-hydrogen) atoms. The lowest BCUT2D eigenvalue weighted by Crippen LogP contribution is -2.50. The molecule has 0 radical (unpaired) electrons. The summed E-state index contributed by atoms with van der Waals surface area (Å²) in [6, 6.07) is 0.570. The number of rotatable bonds is 5. The van der Waals surface area contributed by atoms with Gasteiger partial charge < -0.3 is 10.2 Å². The van der Waals surface area contributed by atoms with Crippen LogP contribution in [0.4, 0.5) is 0 Å². The second-order valence-corrected chi connectivity index (χ2v) is 5.61. The highest BCUT2D eigenvalue weighted by Crippen LogP contribution is 2.38. The van der Waals surface area contributed by atoms with Crippen molar-refractivity contribution in [2.24, 2.45) is 5.41 Å². The van der Waals surface area contributed by atoms with Crippen LogP contribution in [0.3, 0.4) is 0 Å². The molecule has 1 saturated carbocycles. The van der Waals surface area contributed by atoms with Gasteiger partial charge in [-0.3, -0.25) is 4.79 Å². The van der Waals surface area contributed by atoms with Crippen molar-refractivity contribution in [2.75, 3.05) is 19.6 Å². The van der Waals surface area contributed by atoms with Gasteiger partial charge in [-0.25, -0.2) is 0 Å². The van der Waals surface area contributed by atoms with Gasteiger partial charge in [0.25, 0.3) is 0 Å². The van der Waals surface area contributed by atoms with Gasteiger partial charge >= 0.3 is 0 Å². The highest BCUT2D eigenvalue weighted by atomic mass is 16.2. The van der Waals surface area contributed by atoms with Gasteiger partial charge in [0.1, 0.15) is 0 Å². The van der Waals surface area contributed by atoms with Gasteiger partial charge in [-0.2, -0.15) is 0 Å². The molecule has 1 amide bonds. The Morgan fingerprint density at radius 3 is 2.41 bits per heavy atom. The molecule has 2 rings (SSSR count). The van der Waals surface area contributed by atoms with Crippen LogP contribution in [0.5, 0.6) is 0 Å². The maximum Gasteiger partial charge on any atom is 0.229 e. The second-order valence-electron chi connectivity index (χ2n) is 5.61. The number of nitrogens with one attached hydrogen (secondary N) is 1. The molecule has 0 aromatic rings. The molecular formula is C14H26N2O. The van der Waals surface area contributed by atoms with Crippen molar-refractivity contribution in [1.82, 2.24) is 10.2 Å². The minimum Gasteiger partial charge on any atom is -0.339 e. The number of carbonyl (C=O) groups excluding carboxylic acids is 1. The van der Waals surface area contributed by atoms with Crippen LogP contribution in [0.25, 0.3) is 0 Å². The number of amides is 1. The monoisotopic (exact) mass is 238 g/mol. The van der Waals surface area contributed by atoms with Gasteiger partial charge in [-0.1, -0.05) is 13.8 Å². The summed E-state index contributed by atoms with van der Waals surface area (Å²) >= 11 is 0. The van der Waals surface area contributed by atoms with Gasteiger partial charge in [0.05, 0.1) is 5.41 Å². The van der Waals surface area contributed by atoms with Crippen LogP contribution in [0.15, 0.2) is 0 Å². The van der Waals surface area contributed by atoms with Crippen LogP contribution in [0.1, 0.15) is 52.4 Å². The molecule has 98 valence electrons. The summed E-state index contributed by atoms with van der Waals surface area (Å²) in [5, 5.41) is 3.37. The van der Waals surface area contributed by atoms with E-state index >= 15 is 0 Å². The smallest absolute Gasteiger partial charge is 0.229 e. The standard InChI is InChI=1S/C14H26N2O/c1-3-11-16(12-5-6-12)13(17)14(4-2)7-9-15-10-8-14/h12,15H,3-11H2,1-2H3. The predicted molar refractivity (Wildman–Crippen MR) is 69.9 cm³/mol. The van der Waals surface area contributed by atoms with Crippen molar-refractivity contribution < 1.29 is 4.79 Å². The lowest BCUT2D eigenvalue weighted by Gasteiger charge is -2.39. The third kappa shape index (κ3) is 2.65. The average molecular weight is 238 g/mol. The average Bonchev–Trinajstić information content (AvgIpc) is 3.20. The van der Waals surface area contributed by atoms with Crippen molar-refractivity contribution in [1.29, 1.82) is 0 Å². The van der Waals surface area contributed by atoms with Gasteiger partial charge in [-0.05, 0) is 51.6 Å². The zero-order valence-corrected chi connectivity index (χ0v) is 11.3. The summed E-state index contributed by atoms with van der Waals surface area (Å²) in [6.07, 6.45) is 6.58. The maximum absolute atomic E-state index is 12.8. The minimum atomic E-state index is -0.0526. The number of hydrogen-bond acceptors (Lipinski definition) is 2. The Labute approximate surface area is 105 Å². The van der Waals surface area contributed by atoms with Crippen LogP contribution in [-0.4, -0.2) is 36.5 Å². The fourth-order valence-electron chi connectivity index (χ4n) is 3.01. The Hall–Kier alpha value is -0.570. The summed E-state index contributed by atoms with van der Waals surface area (Å²) in [5.74, 6) is 0.450. The topological polar surface area (TPSA) is 32.3 Å². The van der Waals surface area contributed by atoms with E-state index in [2.05, 4.69) is 24.1 Å². The first-order valence-electron chi connectivity index (χ1n) is 7.25. The van der Waals surface area contributed by atoms with Crippen molar-refractivity contribution in [3.63, 3.8) is 0 Å². The van der Waals surface area contributed by atoms with Crippen LogP contribution in [0, 0.1) is 5.41 Å². The van der Waals surface area contributed by atoms with Crippen LogP contribution in [-0.2, 0) is 4.79 Å². The van der Waals surface area contributed by atoms with Crippen molar-refractivity contribution >= 4 is 5.91 Å². The highest BCUT2D eigenvalue weighted by molar-refractivity contribution is 5.83. The van der Waals surface area contributed by atoms with Crippen molar-refractivity contribution in [2.45, 2.75) is 58.4 Å². The van der Waals surface area contributed by atoms with Crippen molar-refractivity contribution in [3.8, 4) is 0 Å². The number of hydrogen-bond donors (Lipinski definition) is 1. The molecule has 0 unspecified atom stereocenters. The SMILES string of the molecule is CCCN(C(=O)C1(CC)CCNCC1)C1CC1. The molecule has 1 N–H and O–H groups in total. The quantitative estimate of drug-likeness (QED) is 0.796. The molecule has 0 bridgehead atoms. The van der Waals surface area contributed by atoms with E-state index in [1.165, 1.54) is 12.8 Å². The maximum atomic E-state index is 12.8. The first-order chi connectivity index (χ1) is 8.23. The molecule has 2 aliphatic rings. The van der Waals surface area contributed by atoms with Gasteiger partial charge in [0.2, 0.25) is 5.91 Å². The summed E-state index contributed by atoms with van der Waals surface area (Å²) < 4.78 is 0. The number of nitrogens with zero attached hydrogens (tertiary/aromatic N) is 1. The van der Waals surface area contributed by atoms with Gasteiger partial charge in [0, 0.05) is 12.6 Å². The fraction of sp³-hybridized carbons (Fsp3) is 0.929. The van der Waals surface area contributed by atoms with E-state index in [1.807, 2.05) is 0 Å². The van der Waals surface area contributed by atoms with E-state index in [9.17, 15) is 4.79 Å². The van der Waals surface area contributed by atoms with E-state index in [-0.39, 0.29) is 5.41 Å². The Morgan fingerprint density at radius 1 is 1.29 bits per heavy atom. The molecule has 1 aliphatic heterocycles. The Bertz CT molecular complexity index is 267. The molecule has 0 spiro atoms. The normalized spacial score (nSPS) is 23.4.